The average Bonchev–Trinajstić information content (AvgIpc) is 2.53. The Bertz CT molecular complexity index is 772. The highest BCUT2D eigenvalue weighted by Gasteiger charge is 2.47. The monoisotopic (exact) mass is 337 g/mol. The minimum atomic E-state index is -0.674. The summed E-state index contributed by atoms with van der Waals surface area (Å²) >= 11 is 0. The zero-order chi connectivity index (χ0) is 18.2. The van der Waals surface area contributed by atoms with Crippen molar-refractivity contribution in [1.82, 2.24) is 5.32 Å². The van der Waals surface area contributed by atoms with Crippen molar-refractivity contribution in [2.24, 2.45) is 5.41 Å². The van der Waals surface area contributed by atoms with Gasteiger partial charge >= 0.3 is 0 Å². The Morgan fingerprint density at radius 2 is 1.68 bits per heavy atom. The highest BCUT2D eigenvalue weighted by atomic mass is 16.2. The van der Waals surface area contributed by atoms with Crippen molar-refractivity contribution in [3.63, 3.8) is 0 Å². The summed E-state index contributed by atoms with van der Waals surface area (Å²) in [7, 11) is 0. The maximum absolute atomic E-state index is 12.9. The molecule has 4 nitrogen and oxygen atoms in total. The number of aryl methyl sites for hydroxylation is 2. The van der Waals surface area contributed by atoms with Gasteiger partial charge in [-0.15, -0.1) is 5.92 Å². The molecule has 1 aromatic carbocycles. The van der Waals surface area contributed by atoms with Gasteiger partial charge in [0.15, 0.2) is 0 Å². The lowest BCUT2D eigenvalue weighted by atomic mass is 9.63. The van der Waals surface area contributed by atoms with E-state index in [0.29, 0.717) is 32.2 Å². The predicted molar refractivity (Wildman–Crippen MR) is 95.1 cm³/mol. The summed E-state index contributed by atoms with van der Waals surface area (Å²) in [6.07, 6.45) is 1.73. The van der Waals surface area contributed by atoms with Crippen LogP contribution in [0.3, 0.4) is 0 Å². The molecule has 0 bridgehead atoms. The molecule has 0 radical (unpaired) electrons. The molecule has 1 amide bonds. The van der Waals surface area contributed by atoms with Crippen molar-refractivity contribution < 1.29 is 14.4 Å². The van der Waals surface area contributed by atoms with Crippen molar-refractivity contribution in [2.45, 2.75) is 52.4 Å². The summed E-state index contributed by atoms with van der Waals surface area (Å²) in [6.45, 7) is 6.10. The molecule has 25 heavy (non-hydrogen) atoms. The van der Waals surface area contributed by atoms with Gasteiger partial charge in [0, 0.05) is 36.8 Å². The molecular formula is C21H23NO3. The van der Waals surface area contributed by atoms with Crippen molar-refractivity contribution in [1.29, 1.82) is 0 Å². The summed E-state index contributed by atoms with van der Waals surface area (Å²) in [6, 6.07) is 3.90. The number of rotatable bonds is 1. The van der Waals surface area contributed by atoms with Crippen LogP contribution < -0.4 is 5.32 Å². The fourth-order valence-electron chi connectivity index (χ4n) is 4.30. The molecule has 130 valence electrons. The van der Waals surface area contributed by atoms with Crippen LogP contribution in [0.15, 0.2) is 12.1 Å². The predicted octanol–water partition coefficient (Wildman–Crippen LogP) is 2.59. The molecule has 3 rings (SSSR count). The number of ketones is 2. The number of nitrogens with one attached hydrogen (secondary N) is 1. The highest BCUT2D eigenvalue weighted by Crippen LogP contribution is 2.44. The van der Waals surface area contributed by atoms with Gasteiger partial charge in [-0.2, -0.15) is 0 Å². The molecule has 2 aliphatic rings. The molecule has 0 atom stereocenters. The third-order valence-electron chi connectivity index (χ3n) is 5.44. The third kappa shape index (κ3) is 3.24. The van der Waals surface area contributed by atoms with E-state index in [9.17, 15) is 14.4 Å². The van der Waals surface area contributed by atoms with Gasteiger partial charge in [-0.05, 0) is 56.0 Å². The van der Waals surface area contributed by atoms with Gasteiger partial charge in [-0.25, -0.2) is 0 Å². The van der Waals surface area contributed by atoms with Gasteiger partial charge in [0.05, 0.1) is 0 Å². The van der Waals surface area contributed by atoms with Crippen LogP contribution in [0.5, 0.6) is 0 Å². The average molecular weight is 337 g/mol. The molecular weight excluding hydrogens is 314 g/mol. The zero-order valence-corrected chi connectivity index (χ0v) is 15.0. The van der Waals surface area contributed by atoms with Crippen LogP contribution in [0.2, 0.25) is 0 Å². The summed E-state index contributed by atoms with van der Waals surface area (Å²) in [5.41, 5.74) is 3.25. The molecule has 0 aromatic heterocycles. The highest BCUT2D eigenvalue weighted by molar-refractivity contribution is 6.10. The van der Waals surface area contributed by atoms with Crippen LogP contribution in [0.1, 0.15) is 60.8 Å². The Balaban J connectivity index is 1.92. The van der Waals surface area contributed by atoms with Crippen LogP contribution in [-0.4, -0.2) is 24.0 Å². The summed E-state index contributed by atoms with van der Waals surface area (Å²) in [4.78, 5) is 37.2. The van der Waals surface area contributed by atoms with Gasteiger partial charge in [0.25, 0.3) is 0 Å². The quantitative estimate of drug-likeness (QED) is 0.633. The van der Waals surface area contributed by atoms with Crippen LogP contribution in [0, 0.1) is 31.1 Å². The molecule has 4 heteroatoms. The first-order valence-corrected chi connectivity index (χ1v) is 8.71. The molecule has 1 saturated heterocycles. The molecule has 1 aliphatic heterocycles. The third-order valence-corrected chi connectivity index (χ3v) is 5.44. The lowest BCUT2D eigenvalue weighted by Gasteiger charge is -2.41. The summed E-state index contributed by atoms with van der Waals surface area (Å²) in [5, 5.41) is 2.82. The Kier molecular flexibility index (Phi) is 4.51. The van der Waals surface area contributed by atoms with Crippen molar-refractivity contribution in [3.8, 4) is 11.8 Å². The van der Waals surface area contributed by atoms with E-state index in [0.717, 1.165) is 22.3 Å². The minimum absolute atomic E-state index is 0.00644. The maximum Gasteiger partial charge on any atom is 0.220 e. The fraction of sp³-hybridized carbons (Fsp3) is 0.476. The number of piperidine rings is 1. The standard InChI is InChI=1S/C21H23NO3/c1-4-5-15-8-13(2)19(14(3)9-15)20-16(23)10-21(11-17(20)24)7-6-18(25)22-12-21/h8-9,20H,6-7,10-12H2,1-3H3,(H,22,25). The molecule has 1 aliphatic carbocycles. The largest absolute Gasteiger partial charge is 0.356 e. The fourth-order valence-corrected chi connectivity index (χ4v) is 4.30. The number of Topliss-reactive ketones (excluding diaryl/α,β-unsaturated/α-hetero) is 2. The number of carbonyl (C=O) groups is 3. The first-order chi connectivity index (χ1) is 11.8. The van der Waals surface area contributed by atoms with Gasteiger partial charge in [0.1, 0.15) is 17.5 Å². The molecule has 1 saturated carbocycles. The number of hydrogen-bond donors (Lipinski definition) is 1. The van der Waals surface area contributed by atoms with E-state index in [1.54, 1.807) is 6.92 Å². The normalized spacial score (nSPS) is 26.2. The maximum atomic E-state index is 12.9. The van der Waals surface area contributed by atoms with E-state index in [1.807, 2.05) is 26.0 Å². The topological polar surface area (TPSA) is 63.2 Å². The van der Waals surface area contributed by atoms with Gasteiger partial charge < -0.3 is 5.32 Å². The summed E-state index contributed by atoms with van der Waals surface area (Å²) < 4.78 is 0. The van der Waals surface area contributed by atoms with Crippen LogP contribution in [-0.2, 0) is 14.4 Å². The summed E-state index contributed by atoms with van der Waals surface area (Å²) in [5.74, 6) is 5.20. The lowest BCUT2D eigenvalue weighted by Crippen LogP contribution is -2.49. The molecule has 2 fully saturated rings. The Hall–Kier alpha value is -2.41. The minimum Gasteiger partial charge on any atom is -0.356 e. The first-order valence-electron chi connectivity index (χ1n) is 8.71. The van der Waals surface area contributed by atoms with Crippen molar-refractivity contribution >= 4 is 17.5 Å². The van der Waals surface area contributed by atoms with Crippen LogP contribution >= 0.6 is 0 Å². The number of amides is 1. The Morgan fingerprint density at radius 1 is 1.08 bits per heavy atom. The zero-order valence-electron chi connectivity index (χ0n) is 15.0. The van der Waals surface area contributed by atoms with Gasteiger partial charge in [-0.1, -0.05) is 5.92 Å². The van der Waals surface area contributed by atoms with Crippen molar-refractivity contribution in [3.05, 3.63) is 34.4 Å². The molecule has 1 spiro atoms. The second-order valence-electron chi connectivity index (χ2n) is 7.39. The number of hydrogen-bond acceptors (Lipinski definition) is 3. The van der Waals surface area contributed by atoms with E-state index >= 15 is 0 Å². The van der Waals surface area contributed by atoms with E-state index in [1.165, 1.54) is 0 Å². The molecule has 1 heterocycles. The van der Waals surface area contributed by atoms with E-state index in [4.69, 9.17) is 0 Å². The molecule has 0 unspecified atom stereocenters. The second kappa shape index (κ2) is 6.48. The molecule has 1 aromatic rings. The van der Waals surface area contributed by atoms with Gasteiger partial charge in [0.2, 0.25) is 5.91 Å². The second-order valence-corrected chi connectivity index (χ2v) is 7.39. The lowest BCUT2D eigenvalue weighted by molar-refractivity contribution is -0.140. The Morgan fingerprint density at radius 3 is 2.16 bits per heavy atom. The SMILES string of the molecule is CC#Cc1cc(C)c(C2C(=O)CC3(CCC(=O)NC3)CC2=O)c(C)c1. The van der Waals surface area contributed by atoms with Gasteiger partial charge in [-0.3, -0.25) is 14.4 Å². The van der Waals surface area contributed by atoms with E-state index in [2.05, 4.69) is 17.2 Å². The number of benzene rings is 1. The van der Waals surface area contributed by atoms with Crippen LogP contribution in [0.4, 0.5) is 0 Å². The van der Waals surface area contributed by atoms with Crippen LogP contribution in [0.25, 0.3) is 0 Å². The van der Waals surface area contributed by atoms with E-state index < -0.39 is 5.92 Å². The smallest absolute Gasteiger partial charge is 0.220 e. The van der Waals surface area contributed by atoms with Crippen molar-refractivity contribution in [2.75, 3.05) is 6.54 Å². The van der Waals surface area contributed by atoms with E-state index in [-0.39, 0.29) is 22.9 Å². The first kappa shape index (κ1) is 17.4. The number of carbonyl (C=O) groups excluding carboxylic acids is 3. The Labute approximate surface area is 148 Å². The molecule has 1 N–H and O–H groups in total.